The van der Waals surface area contributed by atoms with Crippen LogP contribution in [0.15, 0.2) is 47.5 Å². The number of hydrogen-bond donors (Lipinski definition) is 2. The van der Waals surface area contributed by atoms with Gasteiger partial charge in [0.05, 0.1) is 7.11 Å². The van der Waals surface area contributed by atoms with Crippen LogP contribution in [0, 0.1) is 0 Å². The number of imidazole rings is 1. The summed E-state index contributed by atoms with van der Waals surface area (Å²) >= 11 is 0. The second-order valence-electron chi connectivity index (χ2n) is 7.23. The number of aromatic nitrogens is 3. The van der Waals surface area contributed by atoms with Crippen LogP contribution < -0.4 is 15.6 Å². The largest absolute Gasteiger partial charge is 0.496 e. The van der Waals surface area contributed by atoms with E-state index in [1.165, 1.54) is 6.07 Å². The molecule has 0 radical (unpaired) electrons. The molecule has 0 saturated carbocycles. The number of aromatic amines is 1. The molecule has 154 valence electrons. The number of nitrogens with zero attached hydrogens (tertiary/aromatic N) is 2. The van der Waals surface area contributed by atoms with Crippen molar-refractivity contribution in [2.45, 2.75) is 25.3 Å². The molecule has 2 N–H and O–H groups in total. The third-order valence-electron chi connectivity index (χ3n) is 5.34. The number of amides is 1. The van der Waals surface area contributed by atoms with Gasteiger partial charge in [0.1, 0.15) is 23.2 Å². The van der Waals surface area contributed by atoms with Gasteiger partial charge in [0.15, 0.2) is 5.78 Å². The standard InChI is InChI=1S/C22H22N4O4/c1-26-11-10-23-20(26)19(13-6-3-4-9-18(13)30-2)25-22(29)15-12-14-16(24-21(15)28)7-5-8-17(14)27/h3-4,6,9-12,19H,5,7-8H2,1-2H3,(H,24,28)(H,25,29). The second-order valence-corrected chi connectivity index (χ2v) is 7.23. The molecule has 1 aromatic carbocycles. The van der Waals surface area contributed by atoms with Crippen molar-refractivity contribution >= 4 is 11.7 Å². The van der Waals surface area contributed by atoms with Crippen LogP contribution in [0.25, 0.3) is 0 Å². The third kappa shape index (κ3) is 3.52. The lowest BCUT2D eigenvalue weighted by molar-refractivity contribution is 0.0939. The number of rotatable bonds is 5. The van der Waals surface area contributed by atoms with Crippen molar-refractivity contribution in [2.24, 2.45) is 7.05 Å². The van der Waals surface area contributed by atoms with Gasteiger partial charge >= 0.3 is 0 Å². The number of H-pyrrole nitrogens is 1. The van der Waals surface area contributed by atoms with E-state index in [2.05, 4.69) is 15.3 Å². The molecule has 4 rings (SSSR count). The minimum absolute atomic E-state index is 0.0630. The summed E-state index contributed by atoms with van der Waals surface area (Å²) < 4.78 is 7.25. The van der Waals surface area contributed by atoms with Crippen molar-refractivity contribution in [3.8, 4) is 5.75 Å². The lowest BCUT2D eigenvalue weighted by atomic mass is 9.93. The summed E-state index contributed by atoms with van der Waals surface area (Å²) in [5.41, 5.74) is 1.10. The summed E-state index contributed by atoms with van der Waals surface area (Å²) in [6.45, 7) is 0. The number of fused-ring (bicyclic) bond motifs is 1. The molecule has 0 spiro atoms. The molecule has 1 atom stereocenters. The van der Waals surface area contributed by atoms with Crippen LogP contribution in [0.4, 0.5) is 0 Å². The predicted molar refractivity (Wildman–Crippen MR) is 110 cm³/mol. The molecule has 2 aromatic heterocycles. The molecule has 1 amide bonds. The molecule has 8 heteroatoms. The van der Waals surface area contributed by atoms with E-state index >= 15 is 0 Å². The zero-order valence-electron chi connectivity index (χ0n) is 16.8. The molecular formula is C22H22N4O4. The van der Waals surface area contributed by atoms with Crippen LogP contribution in [-0.4, -0.2) is 33.3 Å². The van der Waals surface area contributed by atoms with Gasteiger partial charge < -0.3 is 19.6 Å². The number of Topliss-reactive ketones (excluding diaryl/α,β-unsaturated/α-hetero) is 1. The van der Waals surface area contributed by atoms with Gasteiger partial charge in [0.2, 0.25) is 0 Å². The highest BCUT2D eigenvalue weighted by molar-refractivity contribution is 6.01. The number of pyridine rings is 1. The van der Waals surface area contributed by atoms with Crippen LogP contribution in [-0.2, 0) is 13.5 Å². The van der Waals surface area contributed by atoms with E-state index in [9.17, 15) is 14.4 Å². The van der Waals surface area contributed by atoms with E-state index in [1.54, 1.807) is 30.1 Å². The van der Waals surface area contributed by atoms with Gasteiger partial charge in [-0.3, -0.25) is 14.4 Å². The fourth-order valence-corrected chi connectivity index (χ4v) is 3.79. The number of ketones is 1. The quantitative estimate of drug-likeness (QED) is 0.675. The number of benzene rings is 1. The first-order valence-electron chi connectivity index (χ1n) is 9.70. The molecule has 3 aromatic rings. The number of hydrogen-bond acceptors (Lipinski definition) is 5. The first-order valence-corrected chi connectivity index (χ1v) is 9.70. The van der Waals surface area contributed by atoms with E-state index in [4.69, 9.17) is 4.74 Å². The third-order valence-corrected chi connectivity index (χ3v) is 5.34. The van der Waals surface area contributed by atoms with Gasteiger partial charge in [0.25, 0.3) is 11.5 Å². The van der Waals surface area contributed by atoms with Crippen molar-refractivity contribution in [1.29, 1.82) is 0 Å². The molecule has 2 heterocycles. The maximum Gasteiger partial charge on any atom is 0.261 e. The van der Waals surface area contributed by atoms with E-state index in [0.717, 1.165) is 0 Å². The summed E-state index contributed by atoms with van der Waals surface area (Å²) in [4.78, 5) is 45.0. The van der Waals surface area contributed by atoms with Gasteiger partial charge in [-0.25, -0.2) is 4.98 Å². The van der Waals surface area contributed by atoms with Crippen molar-refractivity contribution in [2.75, 3.05) is 7.11 Å². The van der Waals surface area contributed by atoms with E-state index < -0.39 is 17.5 Å². The summed E-state index contributed by atoms with van der Waals surface area (Å²) in [5, 5.41) is 2.90. The lowest BCUT2D eigenvalue weighted by Crippen LogP contribution is -2.35. The van der Waals surface area contributed by atoms with Crippen molar-refractivity contribution in [1.82, 2.24) is 19.9 Å². The van der Waals surface area contributed by atoms with Gasteiger partial charge in [-0.2, -0.15) is 0 Å². The first-order chi connectivity index (χ1) is 14.5. The zero-order valence-corrected chi connectivity index (χ0v) is 16.8. The van der Waals surface area contributed by atoms with Crippen LogP contribution in [0.2, 0.25) is 0 Å². The fraction of sp³-hybridized carbons (Fsp3) is 0.273. The highest BCUT2D eigenvalue weighted by atomic mass is 16.5. The Balaban J connectivity index is 1.75. The lowest BCUT2D eigenvalue weighted by Gasteiger charge is -2.21. The van der Waals surface area contributed by atoms with E-state index in [-0.39, 0.29) is 11.3 Å². The molecule has 0 fully saturated rings. The molecule has 1 aliphatic rings. The Labute approximate surface area is 172 Å². The first kappa shape index (κ1) is 19.6. The Morgan fingerprint density at radius 2 is 2.07 bits per heavy atom. The Morgan fingerprint density at radius 3 is 2.80 bits per heavy atom. The predicted octanol–water partition coefficient (Wildman–Crippen LogP) is 2.16. The second kappa shape index (κ2) is 7.98. The number of aryl methyl sites for hydroxylation is 2. The van der Waals surface area contributed by atoms with Gasteiger partial charge in [-0.1, -0.05) is 18.2 Å². The van der Waals surface area contributed by atoms with Gasteiger partial charge in [-0.05, 0) is 25.0 Å². The van der Waals surface area contributed by atoms with Crippen molar-refractivity contribution in [3.05, 3.63) is 81.3 Å². The van der Waals surface area contributed by atoms with Crippen molar-refractivity contribution in [3.63, 3.8) is 0 Å². The minimum Gasteiger partial charge on any atom is -0.496 e. The number of carbonyl (C=O) groups is 2. The SMILES string of the molecule is COc1ccccc1C(NC(=O)c1cc2c([nH]c1=O)CCCC2=O)c1nccn1C. The van der Waals surface area contributed by atoms with Gasteiger partial charge in [-0.15, -0.1) is 0 Å². The Morgan fingerprint density at radius 1 is 1.27 bits per heavy atom. The molecule has 0 saturated heterocycles. The summed E-state index contributed by atoms with van der Waals surface area (Å²) in [5.74, 6) is 0.516. The molecule has 0 aliphatic heterocycles. The molecule has 30 heavy (non-hydrogen) atoms. The highest BCUT2D eigenvalue weighted by Gasteiger charge is 2.27. The average Bonchev–Trinajstić information content (AvgIpc) is 3.17. The molecule has 8 nitrogen and oxygen atoms in total. The molecule has 1 unspecified atom stereocenters. The zero-order chi connectivity index (χ0) is 21.3. The maximum absolute atomic E-state index is 13.1. The normalized spacial score (nSPS) is 14.1. The van der Waals surface area contributed by atoms with Gasteiger partial charge in [0, 0.05) is 42.7 Å². The minimum atomic E-state index is -0.653. The van der Waals surface area contributed by atoms with Crippen LogP contribution in [0.3, 0.4) is 0 Å². The van der Waals surface area contributed by atoms with Crippen LogP contribution >= 0.6 is 0 Å². The molecule has 0 bridgehead atoms. The van der Waals surface area contributed by atoms with Crippen molar-refractivity contribution < 1.29 is 14.3 Å². The molecular weight excluding hydrogens is 384 g/mol. The Kier molecular flexibility index (Phi) is 5.22. The number of ether oxygens (including phenoxy) is 1. The average molecular weight is 406 g/mol. The Bertz CT molecular complexity index is 1180. The number of nitrogens with one attached hydrogen (secondary N) is 2. The smallest absolute Gasteiger partial charge is 0.261 e. The maximum atomic E-state index is 13.1. The summed E-state index contributed by atoms with van der Waals surface area (Å²) in [6.07, 6.45) is 5.14. The van der Waals surface area contributed by atoms with E-state index in [1.807, 2.05) is 25.2 Å². The number of para-hydroxylation sites is 1. The summed E-state index contributed by atoms with van der Waals surface area (Å²) in [7, 11) is 3.37. The van der Waals surface area contributed by atoms with E-state index in [0.29, 0.717) is 47.7 Å². The number of carbonyl (C=O) groups excluding carboxylic acids is 2. The van der Waals surface area contributed by atoms with Crippen LogP contribution in [0.5, 0.6) is 5.75 Å². The highest BCUT2D eigenvalue weighted by Crippen LogP contribution is 2.29. The fourth-order valence-electron chi connectivity index (χ4n) is 3.79. The monoisotopic (exact) mass is 406 g/mol. The Hall–Kier alpha value is -3.68. The molecule has 1 aliphatic carbocycles. The van der Waals surface area contributed by atoms with Crippen LogP contribution in [0.1, 0.15) is 56.7 Å². The summed E-state index contributed by atoms with van der Waals surface area (Å²) in [6, 6.07) is 8.05. The topological polar surface area (TPSA) is 106 Å². The number of methoxy groups -OCH3 is 1.